The molecule has 0 saturated heterocycles. The summed E-state index contributed by atoms with van der Waals surface area (Å²) < 4.78 is 0. The lowest BCUT2D eigenvalue weighted by molar-refractivity contribution is -0.380. The molecule has 0 atom stereocenters. The van der Waals surface area contributed by atoms with Gasteiger partial charge in [0, 0.05) is 18.0 Å². The fourth-order valence-corrected chi connectivity index (χ4v) is 2.60. The monoisotopic (exact) mass is 240 g/mol. The molecule has 5 heteroatoms. The predicted molar refractivity (Wildman–Crippen MR) is 64.6 cm³/mol. The van der Waals surface area contributed by atoms with Gasteiger partial charge in [-0.05, 0) is 24.4 Å². The Morgan fingerprint density at radius 2 is 2.38 bits per heavy atom. The number of hydrogen-bond donors (Lipinski definition) is 1. The molecular weight excluding hydrogens is 224 g/mol. The maximum Gasteiger partial charge on any atom is 0.324 e. The summed E-state index contributed by atoms with van der Waals surface area (Å²) in [6.07, 6.45) is 5.39. The van der Waals surface area contributed by atoms with Crippen molar-refractivity contribution >= 4 is 16.3 Å². The minimum atomic E-state index is -0.331. The molecule has 0 radical (unpaired) electrons. The summed E-state index contributed by atoms with van der Waals surface area (Å²) in [6, 6.07) is 1.65. The van der Waals surface area contributed by atoms with Crippen LogP contribution in [0.15, 0.2) is 11.4 Å². The van der Waals surface area contributed by atoms with Crippen LogP contribution >= 0.6 is 11.3 Å². The van der Waals surface area contributed by atoms with Crippen LogP contribution in [-0.2, 0) is 6.54 Å². The van der Waals surface area contributed by atoms with E-state index in [1.807, 2.05) is 5.38 Å². The van der Waals surface area contributed by atoms with Crippen LogP contribution in [0.1, 0.15) is 31.2 Å². The van der Waals surface area contributed by atoms with Crippen molar-refractivity contribution < 1.29 is 4.92 Å². The molecule has 1 aromatic rings. The standard InChI is InChI=1S/C11H16N2O2S/c14-13(15)11-6-10(8-16-11)7-12-5-4-9-2-1-3-9/h6,8-9,12H,1-5,7H2. The van der Waals surface area contributed by atoms with Gasteiger partial charge in [0.1, 0.15) is 0 Å². The van der Waals surface area contributed by atoms with Crippen LogP contribution in [-0.4, -0.2) is 11.5 Å². The van der Waals surface area contributed by atoms with Crippen molar-refractivity contribution in [3.63, 3.8) is 0 Å². The zero-order chi connectivity index (χ0) is 11.4. The molecule has 1 saturated carbocycles. The number of hydrogen-bond acceptors (Lipinski definition) is 4. The molecule has 1 aliphatic rings. The van der Waals surface area contributed by atoms with E-state index in [9.17, 15) is 10.1 Å². The lowest BCUT2D eigenvalue weighted by Gasteiger charge is -2.25. The lowest BCUT2D eigenvalue weighted by Crippen LogP contribution is -2.20. The van der Waals surface area contributed by atoms with Crippen molar-refractivity contribution in [2.45, 2.75) is 32.2 Å². The molecule has 0 spiro atoms. The quantitative estimate of drug-likeness (QED) is 0.472. The third-order valence-electron chi connectivity index (χ3n) is 3.10. The highest BCUT2D eigenvalue weighted by Crippen LogP contribution is 2.28. The summed E-state index contributed by atoms with van der Waals surface area (Å²) in [5, 5.41) is 15.9. The topological polar surface area (TPSA) is 55.2 Å². The molecule has 88 valence electrons. The van der Waals surface area contributed by atoms with E-state index < -0.39 is 0 Å². The lowest BCUT2D eigenvalue weighted by atomic mass is 9.83. The first-order chi connectivity index (χ1) is 7.75. The molecule has 0 amide bonds. The van der Waals surface area contributed by atoms with Gasteiger partial charge in [-0.25, -0.2) is 0 Å². The van der Waals surface area contributed by atoms with Crippen LogP contribution in [0.5, 0.6) is 0 Å². The first kappa shape index (κ1) is 11.5. The van der Waals surface area contributed by atoms with Gasteiger partial charge in [0.05, 0.1) is 4.92 Å². The largest absolute Gasteiger partial charge is 0.324 e. The molecule has 16 heavy (non-hydrogen) atoms. The first-order valence-corrected chi connectivity index (χ1v) is 6.56. The summed E-state index contributed by atoms with van der Waals surface area (Å²) in [5.74, 6) is 0.921. The Morgan fingerprint density at radius 3 is 2.94 bits per heavy atom. The SMILES string of the molecule is O=[N+]([O-])c1cc(CNCCC2CCC2)cs1. The Labute approximate surface area is 98.8 Å². The minimum Gasteiger partial charge on any atom is -0.313 e. The second kappa shape index (κ2) is 5.41. The Morgan fingerprint density at radius 1 is 1.56 bits per heavy atom. The summed E-state index contributed by atoms with van der Waals surface area (Å²) in [7, 11) is 0. The third kappa shape index (κ3) is 3.02. The van der Waals surface area contributed by atoms with Crippen LogP contribution in [0.3, 0.4) is 0 Å². The molecule has 1 aliphatic carbocycles. The minimum absolute atomic E-state index is 0.232. The van der Waals surface area contributed by atoms with E-state index >= 15 is 0 Å². The number of nitrogens with one attached hydrogen (secondary N) is 1. The Bertz CT molecular complexity index is 361. The van der Waals surface area contributed by atoms with Gasteiger partial charge in [0.2, 0.25) is 0 Å². The number of nitro groups is 1. The Hall–Kier alpha value is -0.940. The Kier molecular flexibility index (Phi) is 3.90. The fraction of sp³-hybridized carbons (Fsp3) is 0.636. The van der Waals surface area contributed by atoms with E-state index in [0.29, 0.717) is 0 Å². The van der Waals surface area contributed by atoms with Crippen molar-refractivity contribution in [3.8, 4) is 0 Å². The smallest absolute Gasteiger partial charge is 0.313 e. The van der Waals surface area contributed by atoms with Gasteiger partial charge in [-0.1, -0.05) is 30.6 Å². The van der Waals surface area contributed by atoms with Crippen LogP contribution < -0.4 is 5.32 Å². The van der Waals surface area contributed by atoms with E-state index in [1.165, 1.54) is 37.0 Å². The third-order valence-corrected chi connectivity index (χ3v) is 4.03. The average molecular weight is 240 g/mol. The molecule has 4 nitrogen and oxygen atoms in total. The van der Waals surface area contributed by atoms with Gasteiger partial charge in [0.25, 0.3) is 0 Å². The predicted octanol–water partition coefficient (Wildman–Crippen LogP) is 2.94. The average Bonchev–Trinajstić information content (AvgIpc) is 2.63. The molecule has 1 heterocycles. The second-order valence-corrected chi connectivity index (χ2v) is 5.20. The molecular formula is C11H16N2O2S. The molecule has 1 aromatic heterocycles. The first-order valence-electron chi connectivity index (χ1n) is 5.68. The summed E-state index contributed by atoms with van der Waals surface area (Å²) in [6.45, 7) is 1.77. The van der Waals surface area contributed by atoms with Gasteiger partial charge in [-0.2, -0.15) is 0 Å². The molecule has 1 N–H and O–H groups in total. The normalized spacial score (nSPS) is 16.0. The maximum absolute atomic E-state index is 10.5. The number of nitrogens with zero attached hydrogens (tertiary/aromatic N) is 1. The van der Waals surface area contributed by atoms with Gasteiger partial charge < -0.3 is 5.32 Å². The molecule has 0 bridgehead atoms. The highest BCUT2D eigenvalue weighted by molar-refractivity contribution is 7.13. The molecule has 1 fully saturated rings. The molecule has 0 unspecified atom stereocenters. The second-order valence-electron chi connectivity index (χ2n) is 4.31. The van der Waals surface area contributed by atoms with E-state index in [4.69, 9.17) is 0 Å². The van der Waals surface area contributed by atoms with Crippen molar-refractivity contribution in [1.29, 1.82) is 0 Å². The molecule has 0 aliphatic heterocycles. The highest BCUT2D eigenvalue weighted by Gasteiger charge is 2.16. The summed E-state index contributed by atoms with van der Waals surface area (Å²) in [4.78, 5) is 10.1. The number of thiophene rings is 1. The summed E-state index contributed by atoms with van der Waals surface area (Å²) in [5.41, 5.74) is 1.02. The number of rotatable bonds is 6. The van der Waals surface area contributed by atoms with Gasteiger partial charge >= 0.3 is 5.00 Å². The van der Waals surface area contributed by atoms with Crippen molar-refractivity contribution in [2.75, 3.05) is 6.54 Å². The van der Waals surface area contributed by atoms with E-state index in [-0.39, 0.29) is 9.92 Å². The van der Waals surface area contributed by atoms with Crippen LogP contribution in [0.2, 0.25) is 0 Å². The maximum atomic E-state index is 10.5. The van der Waals surface area contributed by atoms with Gasteiger partial charge in [-0.15, -0.1) is 0 Å². The van der Waals surface area contributed by atoms with Crippen molar-refractivity contribution in [1.82, 2.24) is 5.32 Å². The Balaban J connectivity index is 1.66. The van der Waals surface area contributed by atoms with Gasteiger partial charge in [-0.3, -0.25) is 10.1 Å². The van der Waals surface area contributed by atoms with E-state index in [2.05, 4.69) is 5.32 Å². The van der Waals surface area contributed by atoms with Crippen LogP contribution in [0.4, 0.5) is 5.00 Å². The molecule has 2 rings (SSSR count). The van der Waals surface area contributed by atoms with E-state index in [1.54, 1.807) is 6.07 Å². The van der Waals surface area contributed by atoms with Crippen molar-refractivity contribution in [3.05, 3.63) is 27.1 Å². The van der Waals surface area contributed by atoms with Crippen LogP contribution in [0.25, 0.3) is 0 Å². The van der Waals surface area contributed by atoms with Gasteiger partial charge in [0.15, 0.2) is 0 Å². The van der Waals surface area contributed by atoms with Crippen LogP contribution in [0, 0.1) is 16.0 Å². The molecule has 0 aromatic carbocycles. The highest BCUT2D eigenvalue weighted by atomic mass is 32.1. The zero-order valence-electron chi connectivity index (χ0n) is 9.15. The summed E-state index contributed by atoms with van der Waals surface area (Å²) >= 11 is 1.20. The van der Waals surface area contributed by atoms with E-state index in [0.717, 1.165) is 24.6 Å². The fourth-order valence-electron chi connectivity index (χ4n) is 1.87. The van der Waals surface area contributed by atoms with Crippen molar-refractivity contribution in [2.24, 2.45) is 5.92 Å². The zero-order valence-corrected chi connectivity index (χ0v) is 9.96.